The highest BCUT2D eigenvalue weighted by atomic mass is 32.2. The zero-order valence-electron chi connectivity index (χ0n) is 11.8. The molecule has 1 N–H and O–H groups in total. The van der Waals surface area contributed by atoms with Crippen LogP contribution >= 0.6 is 0 Å². The highest BCUT2D eigenvalue weighted by molar-refractivity contribution is 7.90. The van der Waals surface area contributed by atoms with Gasteiger partial charge in [0.05, 0.1) is 4.90 Å². The van der Waals surface area contributed by atoms with Gasteiger partial charge in [0.2, 0.25) is 0 Å². The molecule has 1 unspecified atom stereocenters. The molecule has 0 aliphatic carbocycles. The number of aliphatic hydroxyl groups excluding tert-OH is 1. The Morgan fingerprint density at radius 2 is 1.60 bits per heavy atom. The Morgan fingerprint density at radius 3 is 2.15 bits per heavy atom. The molecular weight excluding hydrogens is 272 g/mol. The fourth-order valence-corrected chi connectivity index (χ4v) is 2.76. The normalized spacial score (nSPS) is 13.2. The molecule has 0 saturated heterocycles. The Hall–Kier alpha value is -1.65. The molecule has 2 aromatic rings. The fraction of sp³-hybridized carbons (Fsp3) is 0.250. The third-order valence-electron chi connectivity index (χ3n) is 3.35. The van der Waals surface area contributed by atoms with Crippen LogP contribution in [-0.4, -0.2) is 19.8 Å². The first kappa shape index (κ1) is 14.8. The molecule has 0 radical (unpaired) electrons. The second-order valence-electron chi connectivity index (χ2n) is 5.10. The first-order valence-electron chi connectivity index (χ1n) is 6.34. The predicted octanol–water partition coefficient (Wildman–Crippen LogP) is 2.79. The lowest BCUT2D eigenvalue weighted by Crippen LogP contribution is -2.03. The van der Waals surface area contributed by atoms with Gasteiger partial charge in [-0.15, -0.1) is 0 Å². The lowest BCUT2D eigenvalue weighted by molar-refractivity contribution is 0.219. The van der Waals surface area contributed by atoms with Gasteiger partial charge in [0.25, 0.3) is 0 Å². The van der Waals surface area contributed by atoms with Crippen molar-refractivity contribution in [2.75, 3.05) is 6.26 Å². The molecule has 0 aliphatic heterocycles. The van der Waals surface area contributed by atoms with Crippen LogP contribution in [0.15, 0.2) is 47.4 Å². The van der Waals surface area contributed by atoms with Gasteiger partial charge in [0, 0.05) is 6.26 Å². The zero-order chi connectivity index (χ0) is 14.9. The fourth-order valence-electron chi connectivity index (χ4n) is 2.13. The molecule has 2 aromatic carbocycles. The van der Waals surface area contributed by atoms with Crippen molar-refractivity contribution in [1.29, 1.82) is 0 Å². The average Bonchev–Trinajstić information content (AvgIpc) is 2.40. The Bertz CT molecular complexity index is 716. The molecule has 0 aromatic heterocycles. The molecule has 0 fully saturated rings. The molecule has 106 valence electrons. The molecule has 0 heterocycles. The number of rotatable bonds is 3. The Morgan fingerprint density at radius 1 is 1.00 bits per heavy atom. The summed E-state index contributed by atoms with van der Waals surface area (Å²) in [5.74, 6) is 0. The van der Waals surface area contributed by atoms with Gasteiger partial charge in [-0.25, -0.2) is 8.42 Å². The van der Waals surface area contributed by atoms with Gasteiger partial charge in [0.15, 0.2) is 9.84 Å². The summed E-state index contributed by atoms with van der Waals surface area (Å²) in [5.41, 5.74) is 3.62. The monoisotopic (exact) mass is 290 g/mol. The molecule has 4 heteroatoms. The van der Waals surface area contributed by atoms with Crippen molar-refractivity contribution in [2.24, 2.45) is 0 Å². The molecule has 0 amide bonds. The maximum absolute atomic E-state index is 11.4. The summed E-state index contributed by atoms with van der Waals surface area (Å²) >= 11 is 0. The topological polar surface area (TPSA) is 54.4 Å². The van der Waals surface area contributed by atoms with E-state index in [1.165, 1.54) is 18.4 Å². The SMILES string of the molecule is Cc1ccc(C)c(C(O)c2ccc(S(C)(=O)=O)cc2)c1. The van der Waals surface area contributed by atoms with Crippen LogP contribution < -0.4 is 0 Å². The van der Waals surface area contributed by atoms with Gasteiger partial charge in [-0.3, -0.25) is 0 Å². The smallest absolute Gasteiger partial charge is 0.175 e. The number of benzene rings is 2. The van der Waals surface area contributed by atoms with Crippen LogP contribution in [0.1, 0.15) is 28.4 Å². The van der Waals surface area contributed by atoms with Crippen LogP contribution in [0, 0.1) is 13.8 Å². The van der Waals surface area contributed by atoms with Crippen molar-refractivity contribution < 1.29 is 13.5 Å². The summed E-state index contributed by atoms with van der Waals surface area (Å²) in [6, 6.07) is 12.3. The van der Waals surface area contributed by atoms with Crippen LogP contribution in [0.5, 0.6) is 0 Å². The molecule has 0 spiro atoms. The number of aliphatic hydroxyl groups is 1. The maximum atomic E-state index is 11.4. The minimum Gasteiger partial charge on any atom is -0.384 e. The van der Waals surface area contributed by atoms with E-state index < -0.39 is 15.9 Å². The molecule has 2 rings (SSSR count). The average molecular weight is 290 g/mol. The number of aryl methyl sites for hydroxylation is 2. The van der Waals surface area contributed by atoms with E-state index >= 15 is 0 Å². The summed E-state index contributed by atoms with van der Waals surface area (Å²) in [6.45, 7) is 3.92. The largest absolute Gasteiger partial charge is 0.384 e. The highest BCUT2D eigenvalue weighted by Gasteiger charge is 2.14. The standard InChI is InChI=1S/C16H18O3S/c1-11-4-5-12(2)15(10-11)16(17)13-6-8-14(9-7-13)20(3,18)19/h4-10,16-17H,1-3H3. The minimum absolute atomic E-state index is 0.259. The summed E-state index contributed by atoms with van der Waals surface area (Å²) in [4.78, 5) is 0.259. The second-order valence-corrected chi connectivity index (χ2v) is 7.12. The lowest BCUT2D eigenvalue weighted by Gasteiger charge is -2.15. The van der Waals surface area contributed by atoms with E-state index in [9.17, 15) is 13.5 Å². The van der Waals surface area contributed by atoms with Crippen LogP contribution in [0.3, 0.4) is 0 Å². The Labute approximate surface area is 119 Å². The van der Waals surface area contributed by atoms with Crippen LogP contribution in [0.2, 0.25) is 0 Å². The van der Waals surface area contributed by atoms with E-state index in [1.54, 1.807) is 12.1 Å². The quantitative estimate of drug-likeness (QED) is 0.945. The van der Waals surface area contributed by atoms with Gasteiger partial charge in [-0.1, -0.05) is 35.9 Å². The van der Waals surface area contributed by atoms with Crippen LogP contribution in [0.25, 0.3) is 0 Å². The van der Waals surface area contributed by atoms with E-state index in [0.717, 1.165) is 16.7 Å². The molecule has 1 atom stereocenters. The summed E-state index contributed by atoms with van der Waals surface area (Å²) in [5, 5.41) is 10.4. The van der Waals surface area contributed by atoms with Crippen molar-refractivity contribution in [2.45, 2.75) is 24.8 Å². The van der Waals surface area contributed by atoms with E-state index in [-0.39, 0.29) is 4.90 Å². The molecule has 0 saturated carbocycles. The first-order valence-corrected chi connectivity index (χ1v) is 8.23. The Balaban J connectivity index is 2.39. The lowest BCUT2D eigenvalue weighted by atomic mass is 9.96. The van der Waals surface area contributed by atoms with Crippen molar-refractivity contribution in [3.8, 4) is 0 Å². The van der Waals surface area contributed by atoms with Crippen molar-refractivity contribution >= 4 is 9.84 Å². The molecular formula is C16H18O3S. The number of hydrogen-bond acceptors (Lipinski definition) is 3. The van der Waals surface area contributed by atoms with Crippen molar-refractivity contribution in [3.63, 3.8) is 0 Å². The van der Waals surface area contributed by atoms with Crippen LogP contribution in [-0.2, 0) is 9.84 Å². The van der Waals surface area contributed by atoms with Crippen LogP contribution in [0.4, 0.5) is 0 Å². The highest BCUT2D eigenvalue weighted by Crippen LogP contribution is 2.26. The van der Waals surface area contributed by atoms with Crippen molar-refractivity contribution in [3.05, 3.63) is 64.7 Å². The predicted molar refractivity (Wildman–Crippen MR) is 79.5 cm³/mol. The van der Waals surface area contributed by atoms with Gasteiger partial charge in [-0.05, 0) is 42.7 Å². The second kappa shape index (κ2) is 5.38. The van der Waals surface area contributed by atoms with E-state index in [1.807, 2.05) is 32.0 Å². The molecule has 20 heavy (non-hydrogen) atoms. The molecule has 3 nitrogen and oxygen atoms in total. The first-order chi connectivity index (χ1) is 9.29. The van der Waals surface area contributed by atoms with Gasteiger partial charge >= 0.3 is 0 Å². The molecule has 0 bridgehead atoms. The van der Waals surface area contributed by atoms with E-state index in [0.29, 0.717) is 5.56 Å². The summed E-state index contributed by atoms with van der Waals surface area (Å²) < 4.78 is 22.8. The summed E-state index contributed by atoms with van der Waals surface area (Å²) in [7, 11) is -3.21. The van der Waals surface area contributed by atoms with Gasteiger partial charge < -0.3 is 5.11 Å². The number of sulfone groups is 1. The Kier molecular flexibility index (Phi) is 3.97. The number of hydrogen-bond donors (Lipinski definition) is 1. The van der Waals surface area contributed by atoms with Crippen molar-refractivity contribution in [1.82, 2.24) is 0 Å². The van der Waals surface area contributed by atoms with E-state index in [4.69, 9.17) is 0 Å². The minimum atomic E-state index is -3.21. The van der Waals surface area contributed by atoms with Gasteiger partial charge in [-0.2, -0.15) is 0 Å². The van der Waals surface area contributed by atoms with E-state index in [2.05, 4.69) is 0 Å². The summed E-state index contributed by atoms with van der Waals surface area (Å²) in [6.07, 6.45) is 0.423. The van der Waals surface area contributed by atoms with Gasteiger partial charge in [0.1, 0.15) is 6.10 Å². The third kappa shape index (κ3) is 3.08. The zero-order valence-corrected chi connectivity index (χ0v) is 12.6. The maximum Gasteiger partial charge on any atom is 0.175 e. The molecule has 0 aliphatic rings. The third-order valence-corrected chi connectivity index (χ3v) is 4.48.